The molecule has 26 heavy (non-hydrogen) atoms. The molecule has 1 amide bonds. The molecule has 0 radical (unpaired) electrons. The number of fused-ring (bicyclic) bond motifs is 1. The van der Waals surface area contributed by atoms with Crippen LogP contribution in [0.15, 0.2) is 91.1 Å². The van der Waals surface area contributed by atoms with E-state index in [1.165, 1.54) is 0 Å². The summed E-state index contributed by atoms with van der Waals surface area (Å²) in [6, 6.07) is 25.6. The first-order valence-electron chi connectivity index (χ1n) is 8.30. The van der Waals surface area contributed by atoms with Gasteiger partial charge < -0.3 is 5.32 Å². The van der Waals surface area contributed by atoms with Gasteiger partial charge in [-0.15, -0.1) is 0 Å². The summed E-state index contributed by atoms with van der Waals surface area (Å²) in [6.45, 7) is 0. The first-order valence-corrected chi connectivity index (χ1v) is 8.30. The van der Waals surface area contributed by atoms with Crippen molar-refractivity contribution in [3.8, 4) is 0 Å². The van der Waals surface area contributed by atoms with E-state index in [-0.39, 0.29) is 11.8 Å². The number of amides is 1. The van der Waals surface area contributed by atoms with Gasteiger partial charge in [-0.3, -0.25) is 14.2 Å². The maximum absolute atomic E-state index is 12.8. The number of aromatic nitrogens is 1. The molecule has 4 nitrogen and oxygen atoms in total. The molecule has 1 heterocycles. The molecular weight excluding hydrogens is 324 g/mol. The number of rotatable bonds is 3. The molecule has 0 aliphatic carbocycles. The van der Waals surface area contributed by atoms with Crippen molar-refractivity contribution in [1.82, 2.24) is 4.57 Å². The highest BCUT2D eigenvalue weighted by Gasteiger charge is 2.12. The first kappa shape index (κ1) is 15.8. The van der Waals surface area contributed by atoms with Crippen LogP contribution in [0.25, 0.3) is 10.9 Å². The summed E-state index contributed by atoms with van der Waals surface area (Å²) in [5.74, 6) is -0.287. The van der Waals surface area contributed by atoms with Crippen LogP contribution in [-0.4, -0.2) is 16.4 Å². The van der Waals surface area contributed by atoms with E-state index in [1.807, 2.05) is 60.7 Å². The van der Waals surface area contributed by atoms with Crippen LogP contribution in [0.2, 0.25) is 0 Å². The number of hydrogen-bond acceptors (Lipinski definition) is 2. The minimum atomic E-state index is -0.183. The first-order chi connectivity index (χ1) is 12.7. The fourth-order valence-corrected chi connectivity index (χ4v) is 2.90. The molecule has 0 unspecified atom stereocenters. The Bertz CT molecular complexity index is 1080. The molecule has 0 saturated carbocycles. The van der Waals surface area contributed by atoms with E-state index in [2.05, 4.69) is 5.32 Å². The molecule has 4 aromatic rings. The van der Waals surface area contributed by atoms with Crippen LogP contribution in [0.4, 0.5) is 5.69 Å². The Kier molecular flexibility index (Phi) is 4.07. The van der Waals surface area contributed by atoms with E-state index >= 15 is 0 Å². The van der Waals surface area contributed by atoms with Crippen molar-refractivity contribution < 1.29 is 9.59 Å². The average Bonchev–Trinajstić information content (AvgIpc) is 3.12. The molecule has 0 aliphatic heterocycles. The lowest BCUT2D eigenvalue weighted by Gasteiger charge is -2.08. The quantitative estimate of drug-likeness (QED) is 0.593. The molecule has 1 N–H and O–H groups in total. The Balaban J connectivity index is 1.67. The van der Waals surface area contributed by atoms with Crippen molar-refractivity contribution in [3.63, 3.8) is 0 Å². The van der Waals surface area contributed by atoms with Crippen molar-refractivity contribution in [2.45, 2.75) is 0 Å². The number of hydrogen-bond donors (Lipinski definition) is 1. The van der Waals surface area contributed by atoms with Crippen molar-refractivity contribution >= 4 is 28.4 Å². The van der Waals surface area contributed by atoms with Gasteiger partial charge in [-0.05, 0) is 42.5 Å². The molecule has 4 rings (SSSR count). The van der Waals surface area contributed by atoms with Crippen LogP contribution in [-0.2, 0) is 0 Å². The third-order valence-electron chi connectivity index (χ3n) is 4.23. The summed E-state index contributed by atoms with van der Waals surface area (Å²) in [7, 11) is 0. The van der Waals surface area contributed by atoms with Crippen LogP contribution < -0.4 is 5.32 Å². The van der Waals surface area contributed by atoms with Gasteiger partial charge in [0, 0.05) is 28.4 Å². The zero-order chi connectivity index (χ0) is 17.9. The summed E-state index contributed by atoms with van der Waals surface area (Å²) < 4.78 is 1.60. The Labute approximate surface area is 150 Å². The Hall–Kier alpha value is -3.66. The number of anilines is 1. The summed E-state index contributed by atoms with van der Waals surface area (Å²) in [5.41, 5.74) is 2.60. The van der Waals surface area contributed by atoms with Crippen molar-refractivity contribution in [3.05, 3.63) is 102 Å². The maximum Gasteiger partial charge on any atom is 0.262 e. The molecule has 0 fully saturated rings. The van der Waals surface area contributed by atoms with E-state index in [0.29, 0.717) is 16.8 Å². The smallest absolute Gasteiger partial charge is 0.262 e. The lowest BCUT2D eigenvalue weighted by molar-refractivity contribution is 0.0964. The molecule has 0 atom stereocenters. The molecule has 3 aromatic carbocycles. The van der Waals surface area contributed by atoms with E-state index in [0.717, 1.165) is 10.9 Å². The van der Waals surface area contributed by atoms with Crippen molar-refractivity contribution in [1.29, 1.82) is 0 Å². The summed E-state index contributed by atoms with van der Waals surface area (Å²) >= 11 is 0. The zero-order valence-corrected chi connectivity index (χ0v) is 13.9. The van der Waals surface area contributed by atoms with Crippen molar-refractivity contribution in [2.75, 3.05) is 5.32 Å². The van der Waals surface area contributed by atoms with Gasteiger partial charge in [-0.25, -0.2) is 0 Å². The number of nitrogens with one attached hydrogen (secondary N) is 1. The van der Waals surface area contributed by atoms with E-state index in [4.69, 9.17) is 0 Å². The van der Waals surface area contributed by atoms with Gasteiger partial charge in [0.05, 0.1) is 5.52 Å². The maximum atomic E-state index is 12.8. The fourth-order valence-electron chi connectivity index (χ4n) is 2.90. The average molecular weight is 340 g/mol. The van der Waals surface area contributed by atoms with E-state index in [9.17, 15) is 9.59 Å². The zero-order valence-electron chi connectivity index (χ0n) is 13.9. The van der Waals surface area contributed by atoms with Crippen LogP contribution in [0, 0.1) is 0 Å². The van der Waals surface area contributed by atoms with Crippen LogP contribution >= 0.6 is 0 Å². The topological polar surface area (TPSA) is 51.1 Å². The third kappa shape index (κ3) is 3.00. The van der Waals surface area contributed by atoms with Crippen molar-refractivity contribution in [2.24, 2.45) is 0 Å². The molecule has 0 bridgehead atoms. The number of benzene rings is 3. The summed E-state index contributed by atoms with van der Waals surface area (Å²) in [5, 5.41) is 3.82. The van der Waals surface area contributed by atoms with E-state index in [1.54, 1.807) is 35.0 Å². The molecule has 1 aromatic heterocycles. The normalized spacial score (nSPS) is 10.6. The highest BCUT2D eigenvalue weighted by Crippen LogP contribution is 2.22. The third-order valence-corrected chi connectivity index (χ3v) is 4.23. The molecule has 0 saturated heterocycles. The minimum Gasteiger partial charge on any atom is -0.322 e. The number of carbonyl (C=O) groups is 2. The second-order valence-corrected chi connectivity index (χ2v) is 5.95. The van der Waals surface area contributed by atoms with Crippen LogP contribution in [0.5, 0.6) is 0 Å². The highest BCUT2D eigenvalue weighted by molar-refractivity contribution is 6.06. The molecular formula is C22H16N2O2. The highest BCUT2D eigenvalue weighted by atomic mass is 16.2. The molecule has 0 aliphatic rings. The lowest BCUT2D eigenvalue weighted by Crippen LogP contribution is -2.12. The second-order valence-electron chi connectivity index (χ2n) is 5.95. The summed E-state index contributed by atoms with van der Waals surface area (Å²) in [4.78, 5) is 25.1. The molecule has 0 spiro atoms. The van der Waals surface area contributed by atoms with Gasteiger partial charge in [0.2, 0.25) is 0 Å². The second kappa shape index (κ2) is 6.69. The van der Waals surface area contributed by atoms with Gasteiger partial charge in [0.1, 0.15) is 0 Å². The standard InChI is InChI=1S/C22H16N2O2/c25-21(17-7-3-1-4-8-17)23-19-12-11-16-13-14-24(20(16)15-19)22(26)18-9-5-2-6-10-18/h1-15H,(H,23,25). The number of carbonyl (C=O) groups excluding carboxylic acids is 2. The Morgan fingerprint density at radius 1 is 0.731 bits per heavy atom. The largest absolute Gasteiger partial charge is 0.322 e. The molecule has 126 valence electrons. The fraction of sp³-hybridized carbons (Fsp3) is 0. The Morgan fingerprint density at radius 2 is 1.38 bits per heavy atom. The predicted molar refractivity (Wildman–Crippen MR) is 103 cm³/mol. The van der Waals surface area contributed by atoms with Gasteiger partial charge in [-0.1, -0.05) is 42.5 Å². The number of nitrogens with zero attached hydrogens (tertiary/aromatic N) is 1. The van der Waals surface area contributed by atoms with Crippen LogP contribution in [0.1, 0.15) is 20.7 Å². The van der Waals surface area contributed by atoms with Gasteiger partial charge in [0.15, 0.2) is 0 Å². The van der Waals surface area contributed by atoms with Gasteiger partial charge in [-0.2, -0.15) is 0 Å². The molecule has 4 heteroatoms. The predicted octanol–water partition coefficient (Wildman–Crippen LogP) is 4.58. The Morgan fingerprint density at radius 3 is 2.08 bits per heavy atom. The minimum absolute atomic E-state index is 0.105. The van der Waals surface area contributed by atoms with E-state index < -0.39 is 0 Å². The van der Waals surface area contributed by atoms with Gasteiger partial charge in [0.25, 0.3) is 11.8 Å². The van der Waals surface area contributed by atoms with Crippen LogP contribution in [0.3, 0.4) is 0 Å². The lowest BCUT2D eigenvalue weighted by atomic mass is 10.2. The van der Waals surface area contributed by atoms with Gasteiger partial charge >= 0.3 is 0 Å². The summed E-state index contributed by atoms with van der Waals surface area (Å²) in [6.07, 6.45) is 1.75. The monoisotopic (exact) mass is 340 g/mol. The SMILES string of the molecule is O=C(Nc1ccc2ccn(C(=O)c3ccccc3)c2c1)c1ccccc1.